The molecule has 4 atom stereocenters. The number of carbonyl (C=O) groups excluding carboxylic acids is 1. The van der Waals surface area contributed by atoms with Gasteiger partial charge in [0.05, 0.1) is 0 Å². The Morgan fingerprint density at radius 3 is 2.64 bits per heavy atom. The number of hydrogen-bond donors (Lipinski definition) is 4. The number of aromatic nitrogens is 2. The highest BCUT2D eigenvalue weighted by Crippen LogP contribution is 2.27. The van der Waals surface area contributed by atoms with Gasteiger partial charge in [0, 0.05) is 25.2 Å². The molecule has 28 heavy (non-hydrogen) atoms. The standard InChI is InChI=1S/C19H21N3O6/c23-14(8-4-7-12-5-2-1-3-6-12)20-11-13-16(25)17(26)18(28-13)22-10-9-15(24)21-19(22)27/h1-7,9-10,13,16-18,25-26H,8,11H2,(H,20,23)(H,21,24,27)/b7-4+/t13-,16-,17+,18-/m1/s1. The molecule has 0 aliphatic carbocycles. The van der Waals surface area contributed by atoms with Crippen molar-refractivity contribution in [1.29, 1.82) is 0 Å². The van der Waals surface area contributed by atoms with Crippen molar-refractivity contribution in [3.63, 3.8) is 0 Å². The Labute approximate surface area is 159 Å². The third-order valence-electron chi connectivity index (χ3n) is 4.38. The number of H-pyrrole nitrogens is 1. The summed E-state index contributed by atoms with van der Waals surface area (Å²) in [6, 6.07) is 10.6. The molecule has 4 N–H and O–H groups in total. The number of carbonyl (C=O) groups is 1. The third kappa shape index (κ3) is 4.63. The zero-order valence-corrected chi connectivity index (χ0v) is 14.9. The lowest BCUT2D eigenvalue weighted by molar-refractivity contribution is -0.121. The Morgan fingerprint density at radius 2 is 1.93 bits per heavy atom. The van der Waals surface area contributed by atoms with Crippen LogP contribution in [0.3, 0.4) is 0 Å². The SMILES string of the molecule is O=C(C/C=C/c1ccccc1)NC[C@H]1O[C@@H](n2ccc(=O)[nH]c2=O)[C@@H](O)[C@@H]1O. The fourth-order valence-electron chi connectivity index (χ4n) is 2.91. The molecule has 148 valence electrons. The molecule has 1 aromatic carbocycles. The number of nitrogens with one attached hydrogen (secondary N) is 2. The number of hydrogen-bond acceptors (Lipinski definition) is 6. The Balaban J connectivity index is 1.54. The lowest BCUT2D eigenvalue weighted by Gasteiger charge is -2.16. The van der Waals surface area contributed by atoms with E-state index in [2.05, 4.69) is 10.3 Å². The summed E-state index contributed by atoms with van der Waals surface area (Å²) >= 11 is 0. The second kappa shape index (κ2) is 8.79. The molecule has 0 saturated carbocycles. The normalized spacial score (nSPS) is 24.5. The van der Waals surface area contributed by atoms with Gasteiger partial charge < -0.3 is 20.3 Å². The van der Waals surface area contributed by atoms with Crippen LogP contribution >= 0.6 is 0 Å². The Kier molecular flexibility index (Phi) is 6.19. The van der Waals surface area contributed by atoms with Crippen molar-refractivity contribution in [2.24, 2.45) is 0 Å². The second-order valence-corrected chi connectivity index (χ2v) is 6.38. The molecule has 0 bridgehead atoms. The molecule has 1 amide bonds. The van der Waals surface area contributed by atoms with Crippen molar-refractivity contribution in [3.05, 3.63) is 75.1 Å². The van der Waals surface area contributed by atoms with Crippen LogP contribution in [0.5, 0.6) is 0 Å². The Hall–Kier alpha value is -3.01. The molecule has 0 unspecified atom stereocenters. The molecule has 0 spiro atoms. The first-order valence-electron chi connectivity index (χ1n) is 8.77. The minimum absolute atomic E-state index is 0.0369. The molecular formula is C19H21N3O6. The first-order chi connectivity index (χ1) is 13.5. The van der Waals surface area contributed by atoms with Crippen LogP contribution in [-0.2, 0) is 9.53 Å². The number of aliphatic hydroxyl groups is 2. The molecule has 3 rings (SSSR count). The van der Waals surface area contributed by atoms with Crippen LogP contribution in [-0.4, -0.2) is 50.5 Å². The van der Waals surface area contributed by atoms with Gasteiger partial charge in [0.1, 0.15) is 18.3 Å². The first kappa shape index (κ1) is 19.7. The van der Waals surface area contributed by atoms with Crippen molar-refractivity contribution >= 4 is 12.0 Å². The minimum atomic E-state index is -1.39. The largest absolute Gasteiger partial charge is 0.387 e. The van der Waals surface area contributed by atoms with Gasteiger partial charge in [-0.3, -0.25) is 19.1 Å². The van der Waals surface area contributed by atoms with Gasteiger partial charge in [0.15, 0.2) is 6.23 Å². The van der Waals surface area contributed by atoms with E-state index in [9.17, 15) is 24.6 Å². The average Bonchev–Trinajstić information content (AvgIpc) is 2.96. The molecular weight excluding hydrogens is 366 g/mol. The Bertz CT molecular complexity index is 952. The van der Waals surface area contributed by atoms with Crippen molar-refractivity contribution in [2.75, 3.05) is 6.54 Å². The molecule has 2 heterocycles. The fraction of sp³-hybridized carbons (Fsp3) is 0.316. The maximum absolute atomic E-state index is 12.0. The van der Waals surface area contributed by atoms with Crippen LogP contribution in [0, 0.1) is 0 Å². The second-order valence-electron chi connectivity index (χ2n) is 6.38. The van der Waals surface area contributed by atoms with Crippen LogP contribution < -0.4 is 16.6 Å². The highest BCUT2D eigenvalue weighted by Gasteiger charge is 2.44. The highest BCUT2D eigenvalue weighted by molar-refractivity contribution is 5.78. The topological polar surface area (TPSA) is 134 Å². The molecule has 9 heteroatoms. The molecule has 2 aromatic rings. The summed E-state index contributed by atoms with van der Waals surface area (Å²) < 4.78 is 6.51. The van der Waals surface area contributed by atoms with Crippen molar-refractivity contribution in [3.8, 4) is 0 Å². The summed E-state index contributed by atoms with van der Waals surface area (Å²) in [6.07, 6.45) is 0.101. The lowest BCUT2D eigenvalue weighted by Crippen LogP contribution is -2.40. The molecule has 9 nitrogen and oxygen atoms in total. The van der Waals surface area contributed by atoms with Crippen molar-refractivity contribution in [1.82, 2.24) is 14.9 Å². The minimum Gasteiger partial charge on any atom is -0.387 e. The summed E-state index contributed by atoms with van der Waals surface area (Å²) in [4.78, 5) is 37.0. The average molecular weight is 387 g/mol. The monoisotopic (exact) mass is 387 g/mol. The van der Waals surface area contributed by atoms with Crippen molar-refractivity contribution in [2.45, 2.75) is 31.0 Å². The number of nitrogens with zero attached hydrogens (tertiary/aromatic N) is 1. The predicted octanol–water partition coefficient (Wildman–Crippen LogP) is -0.624. The summed E-state index contributed by atoms with van der Waals surface area (Å²) in [7, 11) is 0. The maximum atomic E-state index is 12.0. The van der Waals surface area contributed by atoms with Crippen molar-refractivity contribution < 1.29 is 19.7 Å². The van der Waals surface area contributed by atoms with Gasteiger partial charge in [-0.2, -0.15) is 0 Å². The molecule has 1 aromatic heterocycles. The molecule has 1 fully saturated rings. The van der Waals surface area contributed by atoms with E-state index in [0.717, 1.165) is 16.2 Å². The first-order valence-corrected chi connectivity index (χ1v) is 8.77. The van der Waals surface area contributed by atoms with Crippen LogP contribution in [0.25, 0.3) is 6.08 Å². The summed E-state index contributed by atoms with van der Waals surface area (Å²) in [6.45, 7) is -0.0369. The lowest BCUT2D eigenvalue weighted by atomic mass is 10.1. The smallest absolute Gasteiger partial charge is 0.330 e. The highest BCUT2D eigenvalue weighted by atomic mass is 16.6. The summed E-state index contributed by atoms with van der Waals surface area (Å²) in [5.74, 6) is -0.276. The number of rotatable bonds is 6. The number of benzene rings is 1. The van der Waals surface area contributed by atoms with Gasteiger partial charge in [-0.15, -0.1) is 0 Å². The number of aromatic amines is 1. The van der Waals surface area contributed by atoms with E-state index in [1.807, 2.05) is 36.4 Å². The van der Waals surface area contributed by atoms with E-state index in [0.29, 0.717) is 0 Å². The van der Waals surface area contributed by atoms with Crippen LogP contribution in [0.2, 0.25) is 0 Å². The number of aliphatic hydroxyl groups excluding tert-OH is 2. The van der Waals surface area contributed by atoms with E-state index in [4.69, 9.17) is 4.74 Å². The van der Waals surface area contributed by atoms with Crippen LogP contribution in [0.4, 0.5) is 0 Å². The zero-order valence-electron chi connectivity index (χ0n) is 14.9. The van der Waals surface area contributed by atoms with E-state index in [1.54, 1.807) is 6.08 Å². The predicted molar refractivity (Wildman–Crippen MR) is 100 cm³/mol. The zero-order chi connectivity index (χ0) is 20.1. The molecule has 1 aliphatic rings. The molecule has 1 saturated heterocycles. The van der Waals surface area contributed by atoms with E-state index in [-0.39, 0.29) is 18.9 Å². The van der Waals surface area contributed by atoms with E-state index >= 15 is 0 Å². The molecule has 1 aliphatic heterocycles. The summed E-state index contributed by atoms with van der Waals surface area (Å²) in [5.41, 5.74) is -0.372. The Morgan fingerprint density at radius 1 is 1.18 bits per heavy atom. The third-order valence-corrected chi connectivity index (χ3v) is 4.38. The fourth-order valence-corrected chi connectivity index (χ4v) is 2.91. The van der Waals surface area contributed by atoms with Gasteiger partial charge in [0.2, 0.25) is 5.91 Å². The maximum Gasteiger partial charge on any atom is 0.330 e. The number of amides is 1. The summed E-state index contributed by atoms with van der Waals surface area (Å²) in [5, 5.41) is 22.9. The number of ether oxygens (including phenoxy) is 1. The van der Waals surface area contributed by atoms with E-state index < -0.39 is 35.8 Å². The molecule has 0 radical (unpaired) electrons. The quantitative estimate of drug-likeness (QED) is 0.522. The van der Waals surface area contributed by atoms with Gasteiger partial charge in [-0.25, -0.2) is 4.79 Å². The van der Waals surface area contributed by atoms with Gasteiger partial charge >= 0.3 is 5.69 Å². The van der Waals surface area contributed by atoms with Gasteiger partial charge in [-0.05, 0) is 5.56 Å². The van der Waals surface area contributed by atoms with Crippen LogP contribution in [0.15, 0.2) is 58.3 Å². The van der Waals surface area contributed by atoms with Crippen LogP contribution in [0.1, 0.15) is 18.2 Å². The van der Waals surface area contributed by atoms with E-state index in [1.165, 1.54) is 6.20 Å². The van der Waals surface area contributed by atoms with Gasteiger partial charge in [0.25, 0.3) is 5.56 Å². The van der Waals surface area contributed by atoms with Gasteiger partial charge in [-0.1, -0.05) is 42.5 Å².